The first-order valence-corrected chi connectivity index (χ1v) is 11.1. The van der Waals surface area contributed by atoms with Crippen LogP contribution in [0.2, 0.25) is 0 Å². The van der Waals surface area contributed by atoms with Crippen LogP contribution in [0.4, 0.5) is 23.4 Å². The Bertz CT molecular complexity index is 1120. The molecule has 0 bridgehead atoms. The SMILES string of the molecule is N#CC(=C1CCN(c2ccc(C(=O)NCCC3CC3)nn2)CC1)c1cc(F)ccc1C(F)(F)F. The number of nitrogens with one attached hydrogen (secondary N) is 1. The molecular weight excluding hydrogens is 450 g/mol. The normalized spacial score (nSPS) is 16.2. The maximum atomic E-state index is 13.7. The molecule has 4 rings (SSSR count). The van der Waals surface area contributed by atoms with Crippen LogP contribution in [0.5, 0.6) is 0 Å². The molecule has 2 aromatic rings. The molecule has 34 heavy (non-hydrogen) atoms. The van der Waals surface area contributed by atoms with Crippen molar-refractivity contribution in [3.05, 3.63) is 58.5 Å². The Kier molecular flexibility index (Phi) is 6.82. The number of rotatable bonds is 6. The fourth-order valence-electron chi connectivity index (χ4n) is 4.06. The maximum absolute atomic E-state index is 13.7. The number of hydrogen-bond donors (Lipinski definition) is 1. The maximum Gasteiger partial charge on any atom is 0.417 e. The van der Waals surface area contributed by atoms with E-state index in [9.17, 15) is 27.6 Å². The largest absolute Gasteiger partial charge is 0.417 e. The van der Waals surface area contributed by atoms with Crippen LogP contribution in [0, 0.1) is 23.1 Å². The molecule has 2 heterocycles. The lowest BCUT2D eigenvalue weighted by molar-refractivity contribution is -0.137. The molecule has 1 saturated carbocycles. The molecule has 0 spiro atoms. The van der Waals surface area contributed by atoms with Crippen LogP contribution in [-0.2, 0) is 6.18 Å². The molecule has 0 atom stereocenters. The van der Waals surface area contributed by atoms with Gasteiger partial charge in [0.25, 0.3) is 5.91 Å². The topological polar surface area (TPSA) is 81.9 Å². The number of nitrogens with zero attached hydrogens (tertiary/aromatic N) is 4. The van der Waals surface area contributed by atoms with Crippen LogP contribution in [0.25, 0.3) is 5.57 Å². The summed E-state index contributed by atoms with van der Waals surface area (Å²) in [5.41, 5.74) is -0.854. The Morgan fingerprint density at radius 2 is 1.88 bits per heavy atom. The van der Waals surface area contributed by atoms with Crippen molar-refractivity contribution in [3.8, 4) is 6.07 Å². The summed E-state index contributed by atoms with van der Waals surface area (Å²) in [6.07, 6.45) is -0.652. The molecular formula is C24H23F4N5O. The van der Waals surface area contributed by atoms with Gasteiger partial charge in [-0.25, -0.2) is 4.39 Å². The zero-order chi connectivity index (χ0) is 24.3. The van der Waals surface area contributed by atoms with Crippen LogP contribution in [0.15, 0.2) is 35.9 Å². The highest BCUT2D eigenvalue weighted by atomic mass is 19.4. The Balaban J connectivity index is 1.44. The van der Waals surface area contributed by atoms with Gasteiger partial charge in [-0.15, -0.1) is 10.2 Å². The molecule has 0 radical (unpaired) electrons. The van der Waals surface area contributed by atoms with Gasteiger partial charge in [0.05, 0.1) is 17.2 Å². The zero-order valence-corrected chi connectivity index (χ0v) is 18.3. The van der Waals surface area contributed by atoms with Crippen molar-refractivity contribution in [3.63, 3.8) is 0 Å². The number of nitriles is 1. The molecule has 6 nitrogen and oxygen atoms in total. The number of piperidine rings is 1. The summed E-state index contributed by atoms with van der Waals surface area (Å²) in [7, 11) is 0. The van der Waals surface area contributed by atoms with Crippen molar-refractivity contribution in [1.82, 2.24) is 15.5 Å². The minimum absolute atomic E-state index is 0.143. The third-order valence-electron chi connectivity index (χ3n) is 6.13. The first-order chi connectivity index (χ1) is 16.3. The van der Waals surface area contributed by atoms with Crippen molar-refractivity contribution >= 4 is 17.3 Å². The second kappa shape index (κ2) is 9.79. The van der Waals surface area contributed by atoms with Gasteiger partial charge < -0.3 is 10.2 Å². The predicted molar refractivity (Wildman–Crippen MR) is 117 cm³/mol. The second-order valence-corrected chi connectivity index (χ2v) is 8.53. The van der Waals surface area contributed by atoms with E-state index < -0.39 is 23.1 Å². The number of alkyl halides is 3. The van der Waals surface area contributed by atoms with Crippen LogP contribution >= 0.6 is 0 Å². The van der Waals surface area contributed by atoms with Crippen molar-refractivity contribution < 1.29 is 22.4 Å². The molecule has 1 aliphatic carbocycles. The van der Waals surface area contributed by atoms with Gasteiger partial charge in [0.2, 0.25) is 0 Å². The summed E-state index contributed by atoms with van der Waals surface area (Å²) in [6.45, 7) is 1.41. The Hall–Kier alpha value is -3.48. The molecule has 2 aliphatic rings. The van der Waals surface area contributed by atoms with Crippen LogP contribution in [0.1, 0.15) is 53.7 Å². The van der Waals surface area contributed by atoms with Crippen molar-refractivity contribution in [2.24, 2.45) is 5.92 Å². The summed E-state index contributed by atoms with van der Waals surface area (Å²) in [5, 5.41) is 20.6. The number of anilines is 1. The number of halogens is 4. The minimum atomic E-state index is -4.70. The van der Waals surface area contributed by atoms with Crippen molar-refractivity contribution in [2.45, 2.75) is 38.3 Å². The molecule has 1 aromatic heterocycles. The van der Waals surface area contributed by atoms with Crippen LogP contribution < -0.4 is 10.2 Å². The number of allylic oxidation sites excluding steroid dienone is 1. The monoisotopic (exact) mass is 473 g/mol. The fourth-order valence-corrected chi connectivity index (χ4v) is 4.06. The zero-order valence-electron chi connectivity index (χ0n) is 18.3. The molecule has 1 N–H and O–H groups in total. The van der Waals surface area contributed by atoms with E-state index in [4.69, 9.17) is 0 Å². The number of benzene rings is 1. The van der Waals surface area contributed by atoms with Gasteiger partial charge in [0, 0.05) is 25.2 Å². The molecule has 1 saturated heterocycles. The van der Waals surface area contributed by atoms with E-state index in [1.165, 1.54) is 12.8 Å². The third kappa shape index (κ3) is 5.53. The summed E-state index contributed by atoms with van der Waals surface area (Å²) < 4.78 is 54.0. The predicted octanol–water partition coefficient (Wildman–Crippen LogP) is 4.74. The second-order valence-electron chi connectivity index (χ2n) is 8.53. The van der Waals surface area contributed by atoms with Crippen molar-refractivity contribution in [2.75, 3.05) is 24.5 Å². The van der Waals surface area contributed by atoms with Crippen molar-refractivity contribution in [1.29, 1.82) is 5.26 Å². The lowest BCUT2D eigenvalue weighted by atomic mass is 9.91. The van der Waals surface area contributed by atoms with Gasteiger partial charge in [0.15, 0.2) is 11.5 Å². The highest BCUT2D eigenvalue weighted by Gasteiger charge is 2.35. The molecule has 1 aliphatic heterocycles. The van der Waals surface area contributed by atoms with Gasteiger partial charge >= 0.3 is 6.18 Å². The molecule has 1 amide bonds. The van der Waals surface area contributed by atoms with Gasteiger partial charge in [-0.3, -0.25) is 4.79 Å². The van der Waals surface area contributed by atoms with Crippen LogP contribution in [-0.4, -0.2) is 35.7 Å². The van der Waals surface area contributed by atoms with Gasteiger partial charge in [-0.1, -0.05) is 12.8 Å². The van der Waals surface area contributed by atoms with E-state index in [1.807, 2.05) is 11.0 Å². The highest BCUT2D eigenvalue weighted by molar-refractivity contribution is 5.92. The van der Waals surface area contributed by atoms with E-state index >= 15 is 0 Å². The average molecular weight is 473 g/mol. The van der Waals surface area contributed by atoms with E-state index in [0.29, 0.717) is 55.9 Å². The molecule has 10 heteroatoms. The van der Waals surface area contributed by atoms with Crippen LogP contribution in [0.3, 0.4) is 0 Å². The molecule has 2 fully saturated rings. The number of aromatic nitrogens is 2. The van der Waals surface area contributed by atoms with E-state index in [-0.39, 0.29) is 17.2 Å². The molecule has 178 valence electrons. The standard InChI is InChI=1S/C24H23F4N5O/c25-17-3-4-20(24(26,27)28)18(13-17)19(14-29)16-8-11-33(12-9-16)22-6-5-21(31-32-22)23(34)30-10-7-15-1-2-15/h3-6,13,15H,1-2,7-12H2,(H,30,34). The van der Waals surface area contributed by atoms with E-state index in [2.05, 4.69) is 15.5 Å². The molecule has 0 unspecified atom stereocenters. The lowest BCUT2D eigenvalue weighted by Gasteiger charge is -2.30. The van der Waals surface area contributed by atoms with Gasteiger partial charge in [-0.2, -0.15) is 18.4 Å². The number of amides is 1. The number of carbonyl (C=O) groups excluding carboxylic acids is 1. The average Bonchev–Trinajstić information content (AvgIpc) is 3.64. The quantitative estimate of drug-likeness (QED) is 0.484. The third-order valence-corrected chi connectivity index (χ3v) is 6.13. The minimum Gasteiger partial charge on any atom is -0.354 e. The Labute approximate surface area is 194 Å². The summed E-state index contributed by atoms with van der Waals surface area (Å²) in [4.78, 5) is 14.1. The lowest BCUT2D eigenvalue weighted by Crippen LogP contribution is -2.32. The first kappa shape index (κ1) is 23.7. The Morgan fingerprint density at radius 3 is 2.47 bits per heavy atom. The Morgan fingerprint density at radius 1 is 1.15 bits per heavy atom. The summed E-state index contributed by atoms with van der Waals surface area (Å²) in [6, 6.07) is 7.28. The van der Waals surface area contributed by atoms with Gasteiger partial charge in [-0.05, 0) is 61.1 Å². The first-order valence-electron chi connectivity index (χ1n) is 11.1. The van der Waals surface area contributed by atoms with Gasteiger partial charge in [0.1, 0.15) is 5.82 Å². The number of carbonyl (C=O) groups is 1. The summed E-state index contributed by atoms with van der Waals surface area (Å²) >= 11 is 0. The molecule has 1 aromatic carbocycles. The van der Waals surface area contributed by atoms with E-state index in [0.717, 1.165) is 18.6 Å². The highest BCUT2D eigenvalue weighted by Crippen LogP contribution is 2.38. The number of hydrogen-bond acceptors (Lipinski definition) is 5. The van der Waals surface area contributed by atoms with E-state index in [1.54, 1.807) is 12.1 Å². The smallest absolute Gasteiger partial charge is 0.354 e. The summed E-state index contributed by atoms with van der Waals surface area (Å²) in [5.74, 6) is 0.140. The fraction of sp³-hybridized carbons (Fsp3) is 0.417.